The van der Waals surface area contributed by atoms with Gasteiger partial charge >= 0.3 is 0 Å². The molecule has 0 fully saturated rings. The van der Waals surface area contributed by atoms with Crippen LogP contribution in [-0.2, 0) is 4.79 Å². The smallest absolute Gasteiger partial charge is 0.226 e. The van der Waals surface area contributed by atoms with Gasteiger partial charge in [0.05, 0.1) is 17.7 Å². The number of carbonyl (C=O) groups excluding carboxylic acids is 1. The number of amides is 1. The van der Waals surface area contributed by atoms with Crippen LogP contribution in [0.3, 0.4) is 0 Å². The Labute approximate surface area is 164 Å². The standard InChI is InChI=1S/C19H28ClN5O2/c1-5-12(6-2)9-16(26)22-18(21-11-19(3,4)27)23-17-14-8-7-13(20)10-15(14)24-25-17/h7-8,10,12,27H,5-6,9,11H2,1-4H3,(H3,21,22,23,24,25,26). The van der Waals surface area contributed by atoms with Gasteiger partial charge in [-0.15, -0.1) is 0 Å². The van der Waals surface area contributed by atoms with Crippen molar-refractivity contribution in [3.8, 4) is 0 Å². The molecule has 1 heterocycles. The highest BCUT2D eigenvalue weighted by atomic mass is 35.5. The summed E-state index contributed by atoms with van der Waals surface area (Å²) in [5.41, 5.74) is -0.219. The second-order valence-electron chi connectivity index (χ2n) is 7.30. The lowest BCUT2D eigenvalue weighted by Gasteiger charge is -2.17. The number of anilines is 1. The summed E-state index contributed by atoms with van der Waals surface area (Å²) in [5.74, 6) is 0.998. The molecule has 2 rings (SSSR count). The third-order valence-electron chi connectivity index (χ3n) is 4.27. The first-order valence-electron chi connectivity index (χ1n) is 9.19. The zero-order valence-electron chi connectivity index (χ0n) is 16.3. The van der Waals surface area contributed by atoms with Gasteiger partial charge in [-0.05, 0) is 38.0 Å². The molecule has 0 radical (unpaired) electrons. The highest BCUT2D eigenvalue weighted by molar-refractivity contribution is 6.31. The van der Waals surface area contributed by atoms with E-state index in [4.69, 9.17) is 11.6 Å². The van der Waals surface area contributed by atoms with Crippen molar-refractivity contribution in [1.29, 1.82) is 0 Å². The van der Waals surface area contributed by atoms with E-state index in [1.807, 2.05) is 6.07 Å². The van der Waals surface area contributed by atoms with Gasteiger partial charge in [-0.25, -0.2) is 4.99 Å². The van der Waals surface area contributed by atoms with Crippen molar-refractivity contribution < 1.29 is 9.90 Å². The number of nitrogens with one attached hydrogen (secondary N) is 3. The molecule has 0 spiro atoms. The van der Waals surface area contributed by atoms with Crippen LogP contribution in [0.15, 0.2) is 23.2 Å². The molecule has 0 saturated heterocycles. The summed E-state index contributed by atoms with van der Waals surface area (Å²) in [4.78, 5) is 16.7. The quantitative estimate of drug-likeness (QED) is 0.425. The number of guanidine groups is 1. The maximum absolute atomic E-state index is 12.4. The van der Waals surface area contributed by atoms with E-state index in [9.17, 15) is 9.90 Å². The van der Waals surface area contributed by atoms with E-state index < -0.39 is 5.60 Å². The van der Waals surface area contributed by atoms with E-state index in [1.54, 1.807) is 26.0 Å². The van der Waals surface area contributed by atoms with E-state index in [0.717, 1.165) is 23.7 Å². The van der Waals surface area contributed by atoms with Gasteiger partial charge in [0, 0.05) is 16.8 Å². The summed E-state index contributed by atoms with van der Waals surface area (Å²) in [6.45, 7) is 7.60. The molecule has 8 heteroatoms. The van der Waals surface area contributed by atoms with E-state index in [0.29, 0.717) is 23.2 Å². The van der Waals surface area contributed by atoms with Gasteiger partial charge in [0.25, 0.3) is 0 Å². The average Bonchev–Trinajstić information content (AvgIpc) is 2.98. The van der Waals surface area contributed by atoms with Crippen LogP contribution in [0.4, 0.5) is 5.82 Å². The molecule has 0 atom stereocenters. The van der Waals surface area contributed by atoms with Gasteiger partial charge in [-0.3, -0.25) is 15.2 Å². The summed E-state index contributed by atoms with van der Waals surface area (Å²) < 4.78 is 0. The number of nitrogens with zero attached hydrogens (tertiary/aromatic N) is 2. The first-order chi connectivity index (χ1) is 12.7. The maximum Gasteiger partial charge on any atom is 0.226 e. The number of hydrogen-bond acceptors (Lipinski definition) is 4. The summed E-state index contributed by atoms with van der Waals surface area (Å²) in [6, 6.07) is 5.38. The van der Waals surface area contributed by atoms with Crippen molar-refractivity contribution in [3.63, 3.8) is 0 Å². The highest BCUT2D eigenvalue weighted by Crippen LogP contribution is 2.23. The fraction of sp³-hybridized carbons (Fsp3) is 0.526. The van der Waals surface area contributed by atoms with Crippen LogP contribution < -0.4 is 10.6 Å². The van der Waals surface area contributed by atoms with Crippen molar-refractivity contribution >= 4 is 40.2 Å². The number of hydrogen-bond donors (Lipinski definition) is 4. The normalized spacial score (nSPS) is 12.6. The number of aliphatic imine (C=N–C) groups is 1. The van der Waals surface area contributed by atoms with Crippen molar-refractivity contribution in [1.82, 2.24) is 15.5 Å². The Hall–Kier alpha value is -2.12. The van der Waals surface area contributed by atoms with Crippen LogP contribution in [0.1, 0.15) is 47.0 Å². The Morgan fingerprint density at radius 3 is 2.70 bits per heavy atom. The van der Waals surface area contributed by atoms with Gasteiger partial charge in [0.2, 0.25) is 11.9 Å². The van der Waals surface area contributed by atoms with E-state index in [2.05, 4.69) is 39.7 Å². The molecule has 0 aliphatic carbocycles. The number of benzene rings is 1. The van der Waals surface area contributed by atoms with Crippen LogP contribution in [0.5, 0.6) is 0 Å². The summed E-state index contributed by atoms with van der Waals surface area (Å²) in [6.07, 6.45) is 2.31. The van der Waals surface area contributed by atoms with Gasteiger partial charge < -0.3 is 10.4 Å². The van der Waals surface area contributed by atoms with Crippen LogP contribution in [-0.4, -0.2) is 39.3 Å². The van der Waals surface area contributed by atoms with Crippen molar-refractivity contribution in [2.24, 2.45) is 10.9 Å². The molecular weight excluding hydrogens is 366 g/mol. The second kappa shape index (κ2) is 9.19. The molecule has 27 heavy (non-hydrogen) atoms. The zero-order chi connectivity index (χ0) is 20.0. The molecule has 0 unspecified atom stereocenters. The van der Waals surface area contributed by atoms with E-state index in [1.165, 1.54) is 0 Å². The molecule has 0 aliphatic heterocycles. The number of aliphatic hydroxyl groups is 1. The lowest BCUT2D eigenvalue weighted by Crippen LogP contribution is -2.38. The minimum absolute atomic E-state index is 0.117. The Bertz CT molecular complexity index is 806. The zero-order valence-corrected chi connectivity index (χ0v) is 17.0. The molecule has 4 N–H and O–H groups in total. The third kappa shape index (κ3) is 6.52. The number of rotatable bonds is 7. The van der Waals surface area contributed by atoms with Gasteiger partial charge in [-0.2, -0.15) is 5.10 Å². The fourth-order valence-corrected chi connectivity index (χ4v) is 2.78. The van der Waals surface area contributed by atoms with Gasteiger partial charge in [-0.1, -0.05) is 38.3 Å². The van der Waals surface area contributed by atoms with E-state index in [-0.39, 0.29) is 18.4 Å². The highest BCUT2D eigenvalue weighted by Gasteiger charge is 2.17. The summed E-state index contributed by atoms with van der Waals surface area (Å²) in [5, 5.41) is 24.4. The van der Waals surface area contributed by atoms with Crippen LogP contribution in [0.25, 0.3) is 10.9 Å². The molecule has 7 nitrogen and oxygen atoms in total. The molecule has 0 bridgehead atoms. The number of carbonyl (C=O) groups is 1. The minimum atomic E-state index is -0.992. The summed E-state index contributed by atoms with van der Waals surface area (Å²) in [7, 11) is 0. The maximum atomic E-state index is 12.4. The lowest BCUT2D eigenvalue weighted by atomic mass is 9.99. The first kappa shape index (κ1) is 21.2. The van der Waals surface area contributed by atoms with Gasteiger partial charge in [0.15, 0.2) is 5.82 Å². The Morgan fingerprint density at radius 1 is 1.37 bits per heavy atom. The van der Waals surface area contributed by atoms with Crippen LogP contribution in [0, 0.1) is 5.92 Å². The topological polar surface area (TPSA) is 102 Å². The monoisotopic (exact) mass is 393 g/mol. The number of aromatic nitrogens is 2. The second-order valence-corrected chi connectivity index (χ2v) is 7.74. The van der Waals surface area contributed by atoms with Crippen LogP contribution in [0.2, 0.25) is 5.02 Å². The largest absolute Gasteiger partial charge is 0.389 e. The Morgan fingerprint density at radius 2 is 2.07 bits per heavy atom. The summed E-state index contributed by atoms with van der Waals surface area (Å²) >= 11 is 6.00. The van der Waals surface area contributed by atoms with Crippen molar-refractivity contribution in [2.45, 2.75) is 52.6 Å². The third-order valence-corrected chi connectivity index (χ3v) is 4.51. The predicted molar refractivity (Wildman–Crippen MR) is 110 cm³/mol. The molecule has 0 aliphatic rings. The number of aromatic amines is 1. The molecule has 1 amide bonds. The van der Waals surface area contributed by atoms with Crippen LogP contribution >= 0.6 is 11.6 Å². The average molecular weight is 394 g/mol. The van der Waals surface area contributed by atoms with Crippen molar-refractivity contribution in [2.75, 3.05) is 11.9 Å². The van der Waals surface area contributed by atoms with E-state index >= 15 is 0 Å². The SMILES string of the molecule is CCC(CC)CC(=O)NC(=NCC(C)(C)O)Nc1n[nH]c2cc(Cl)ccc12. The molecular formula is C19H28ClN5O2. The Kier molecular flexibility index (Phi) is 7.21. The fourth-order valence-electron chi connectivity index (χ4n) is 2.60. The Balaban J connectivity index is 2.20. The number of fused-ring (bicyclic) bond motifs is 1. The van der Waals surface area contributed by atoms with Crippen molar-refractivity contribution in [3.05, 3.63) is 23.2 Å². The predicted octanol–water partition coefficient (Wildman–Crippen LogP) is 3.70. The molecule has 2 aromatic rings. The molecule has 148 valence electrons. The first-order valence-corrected chi connectivity index (χ1v) is 9.57. The molecule has 1 aromatic heterocycles. The number of H-pyrrole nitrogens is 1. The lowest BCUT2D eigenvalue weighted by molar-refractivity contribution is -0.120. The molecule has 0 saturated carbocycles. The minimum Gasteiger partial charge on any atom is -0.389 e. The number of halogens is 1. The van der Waals surface area contributed by atoms with Gasteiger partial charge in [0.1, 0.15) is 0 Å². The molecule has 1 aromatic carbocycles.